The summed E-state index contributed by atoms with van der Waals surface area (Å²) in [5.74, 6) is -1.03. The van der Waals surface area contributed by atoms with Crippen molar-refractivity contribution < 1.29 is 19.1 Å². The second-order valence-corrected chi connectivity index (χ2v) is 5.56. The van der Waals surface area contributed by atoms with E-state index in [2.05, 4.69) is 10.2 Å². The molecule has 0 radical (unpaired) electrons. The van der Waals surface area contributed by atoms with Gasteiger partial charge in [-0.15, -0.1) is 0 Å². The van der Waals surface area contributed by atoms with Crippen LogP contribution in [0.3, 0.4) is 0 Å². The van der Waals surface area contributed by atoms with E-state index in [1.165, 1.54) is 0 Å². The van der Waals surface area contributed by atoms with Crippen molar-refractivity contribution in [2.75, 3.05) is 6.54 Å². The second-order valence-electron chi connectivity index (χ2n) is 5.56. The predicted octanol–water partition coefficient (Wildman–Crippen LogP) is 1.99. The molecule has 0 aromatic carbocycles. The second kappa shape index (κ2) is 5.67. The minimum Gasteiger partial charge on any atom is -0.481 e. The van der Waals surface area contributed by atoms with Gasteiger partial charge in [-0.3, -0.25) is 14.7 Å². The number of carbonyl (C=O) groups excluding carboxylic acids is 1. The minimum absolute atomic E-state index is 0.00635. The first-order valence-corrected chi connectivity index (χ1v) is 7.19. The molecule has 2 aromatic rings. The third-order valence-corrected chi connectivity index (χ3v) is 4.08. The Kier molecular flexibility index (Phi) is 3.70. The van der Waals surface area contributed by atoms with Crippen molar-refractivity contribution in [3.05, 3.63) is 30.2 Å². The van der Waals surface area contributed by atoms with Gasteiger partial charge in [-0.2, -0.15) is 5.10 Å². The van der Waals surface area contributed by atoms with Crippen LogP contribution >= 0.6 is 0 Å². The Hall–Kier alpha value is -2.57. The molecule has 2 N–H and O–H groups in total. The van der Waals surface area contributed by atoms with Crippen LogP contribution in [0.15, 0.2) is 28.9 Å². The van der Waals surface area contributed by atoms with E-state index in [1.807, 2.05) is 6.92 Å². The first kappa shape index (κ1) is 14.4. The Morgan fingerprint density at radius 3 is 2.95 bits per heavy atom. The number of aromatic amines is 1. The number of furan rings is 1. The molecule has 3 rings (SSSR count). The molecule has 116 valence electrons. The van der Waals surface area contributed by atoms with Gasteiger partial charge in [-0.05, 0) is 31.9 Å². The van der Waals surface area contributed by atoms with Crippen molar-refractivity contribution in [2.24, 2.45) is 5.92 Å². The molecule has 2 atom stereocenters. The molecule has 22 heavy (non-hydrogen) atoms. The summed E-state index contributed by atoms with van der Waals surface area (Å²) in [6.45, 7) is 2.15. The number of piperidine rings is 1. The van der Waals surface area contributed by atoms with Crippen molar-refractivity contribution in [3.8, 4) is 11.5 Å². The number of hydrogen-bond acceptors (Lipinski definition) is 4. The van der Waals surface area contributed by atoms with E-state index in [0.717, 1.165) is 0 Å². The number of carboxylic acids is 1. The number of hydrogen-bond donors (Lipinski definition) is 2. The fraction of sp³-hybridized carbons (Fsp3) is 0.400. The highest BCUT2D eigenvalue weighted by atomic mass is 16.4. The molecule has 7 heteroatoms. The van der Waals surface area contributed by atoms with E-state index in [0.29, 0.717) is 24.3 Å². The lowest BCUT2D eigenvalue weighted by atomic mass is 9.93. The summed E-state index contributed by atoms with van der Waals surface area (Å²) >= 11 is 0. The lowest BCUT2D eigenvalue weighted by molar-refractivity contribution is -0.143. The standard InChI is InChI=1S/C15H17N3O4/c1-9-4-5-10(15(20)21)8-18(9)14(19)12-7-11(16-17-12)13-3-2-6-22-13/h2-3,6-7,9-10H,4-5,8H2,1H3,(H,16,17)(H,20,21). The highest BCUT2D eigenvalue weighted by Gasteiger charge is 2.33. The average molecular weight is 303 g/mol. The molecule has 1 aliphatic heterocycles. The smallest absolute Gasteiger partial charge is 0.308 e. The van der Waals surface area contributed by atoms with Crippen LogP contribution in [0, 0.1) is 5.92 Å². The molecule has 7 nitrogen and oxygen atoms in total. The predicted molar refractivity (Wildman–Crippen MR) is 77.1 cm³/mol. The van der Waals surface area contributed by atoms with E-state index in [4.69, 9.17) is 9.52 Å². The molecule has 0 bridgehead atoms. The summed E-state index contributed by atoms with van der Waals surface area (Å²) in [7, 11) is 0. The lowest BCUT2D eigenvalue weighted by Crippen LogP contribution is -2.47. The number of nitrogens with zero attached hydrogens (tertiary/aromatic N) is 2. The summed E-state index contributed by atoms with van der Waals surface area (Å²) in [6, 6.07) is 5.15. The van der Waals surface area contributed by atoms with Crippen LogP contribution in [0.4, 0.5) is 0 Å². The number of likely N-dealkylation sites (tertiary alicyclic amines) is 1. The maximum absolute atomic E-state index is 12.6. The van der Waals surface area contributed by atoms with Crippen molar-refractivity contribution in [2.45, 2.75) is 25.8 Å². The molecule has 1 saturated heterocycles. The fourth-order valence-corrected chi connectivity index (χ4v) is 2.73. The molecule has 1 aliphatic rings. The Bertz CT molecular complexity index is 677. The SMILES string of the molecule is CC1CCC(C(=O)O)CN1C(=O)c1cc(-c2ccco2)[nH]n1. The van der Waals surface area contributed by atoms with E-state index in [-0.39, 0.29) is 24.2 Å². The van der Waals surface area contributed by atoms with Crippen LogP contribution in [-0.4, -0.2) is 44.7 Å². The molecular formula is C15H17N3O4. The number of aromatic nitrogens is 2. The van der Waals surface area contributed by atoms with Gasteiger partial charge in [0.1, 0.15) is 5.69 Å². The third kappa shape index (κ3) is 2.61. The number of carboxylic acid groups (broad SMARTS) is 1. The van der Waals surface area contributed by atoms with Gasteiger partial charge in [0.15, 0.2) is 11.5 Å². The Labute approximate surface area is 126 Å². The van der Waals surface area contributed by atoms with Gasteiger partial charge in [0.2, 0.25) is 0 Å². The molecule has 0 spiro atoms. The molecule has 2 unspecified atom stereocenters. The molecule has 0 aliphatic carbocycles. The van der Waals surface area contributed by atoms with Gasteiger partial charge in [0, 0.05) is 18.7 Å². The Morgan fingerprint density at radius 2 is 2.27 bits per heavy atom. The van der Waals surface area contributed by atoms with Gasteiger partial charge in [-0.25, -0.2) is 0 Å². The number of rotatable bonds is 3. The van der Waals surface area contributed by atoms with Gasteiger partial charge < -0.3 is 14.4 Å². The summed E-state index contributed by atoms with van der Waals surface area (Å²) in [6.07, 6.45) is 2.82. The summed E-state index contributed by atoms with van der Waals surface area (Å²) in [5.41, 5.74) is 0.886. The average Bonchev–Trinajstić information content (AvgIpc) is 3.17. The highest BCUT2D eigenvalue weighted by molar-refractivity contribution is 5.93. The number of amides is 1. The zero-order valence-electron chi connectivity index (χ0n) is 12.2. The Morgan fingerprint density at radius 1 is 1.45 bits per heavy atom. The topological polar surface area (TPSA) is 99.4 Å². The number of carbonyl (C=O) groups is 2. The van der Waals surface area contributed by atoms with E-state index >= 15 is 0 Å². The highest BCUT2D eigenvalue weighted by Crippen LogP contribution is 2.25. The fourth-order valence-electron chi connectivity index (χ4n) is 2.73. The quantitative estimate of drug-likeness (QED) is 0.903. The zero-order chi connectivity index (χ0) is 15.7. The number of H-pyrrole nitrogens is 1. The number of aliphatic carboxylic acids is 1. The Balaban J connectivity index is 1.79. The van der Waals surface area contributed by atoms with Crippen molar-refractivity contribution >= 4 is 11.9 Å². The lowest BCUT2D eigenvalue weighted by Gasteiger charge is -2.36. The van der Waals surface area contributed by atoms with Gasteiger partial charge in [-0.1, -0.05) is 0 Å². The van der Waals surface area contributed by atoms with Crippen LogP contribution in [0.25, 0.3) is 11.5 Å². The van der Waals surface area contributed by atoms with Crippen LogP contribution < -0.4 is 0 Å². The molecule has 1 fully saturated rings. The third-order valence-electron chi connectivity index (χ3n) is 4.08. The molecule has 2 aromatic heterocycles. The first-order chi connectivity index (χ1) is 10.6. The summed E-state index contributed by atoms with van der Waals surface area (Å²) in [5, 5.41) is 15.9. The molecule has 0 saturated carbocycles. The van der Waals surface area contributed by atoms with Crippen LogP contribution in [0.5, 0.6) is 0 Å². The maximum Gasteiger partial charge on any atom is 0.308 e. The largest absolute Gasteiger partial charge is 0.481 e. The van der Waals surface area contributed by atoms with Crippen molar-refractivity contribution in [3.63, 3.8) is 0 Å². The van der Waals surface area contributed by atoms with Crippen LogP contribution in [0.2, 0.25) is 0 Å². The molecular weight excluding hydrogens is 286 g/mol. The summed E-state index contributed by atoms with van der Waals surface area (Å²) in [4.78, 5) is 25.3. The first-order valence-electron chi connectivity index (χ1n) is 7.19. The van der Waals surface area contributed by atoms with Crippen molar-refractivity contribution in [1.29, 1.82) is 0 Å². The van der Waals surface area contributed by atoms with Crippen LogP contribution in [0.1, 0.15) is 30.3 Å². The van der Waals surface area contributed by atoms with E-state index in [9.17, 15) is 9.59 Å². The molecule has 1 amide bonds. The normalized spacial score (nSPS) is 21.8. The van der Waals surface area contributed by atoms with Gasteiger partial charge in [0.25, 0.3) is 5.91 Å². The minimum atomic E-state index is -0.858. The van der Waals surface area contributed by atoms with Crippen molar-refractivity contribution in [1.82, 2.24) is 15.1 Å². The van der Waals surface area contributed by atoms with E-state index < -0.39 is 11.9 Å². The molecule has 3 heterocycles. The monoisotopic (exact) mass is 303 g/mol. The van der Waals surface area contributed by atoms with Gasteiger partial charge in [0.05, 0.1) is 12.2 Å². The maximum atomic E-state index is 12.6. The zero-order valence-corrected chi connectivity index (χ0v) is 12.2. The number of nitrogens with one attached hydrogen (secondary N) is 1. The van der Waals surface area contributed by atoms with Gasteiger partial charge >= 0.3 is 5.97 Å². The van der Waals surface area contributed by atoms with E-state index in [1.54, 1.807) is 29.4 Å². The van der Waals surface area contributed by atoms with Crippen LogP contribution in [-0.2, 0) is 4.79 Å². The summed E-state index contributed by atoms with van der Waals surface area (Å²) < 4.78 is 5.25.